The second-order valence-electron chi connectivity index (χ2n) is 4.39. The number of thioether (sulfide) groups is 1. The average Bonchev–Trinajstić information content (AvgIpc) is 2.42. The van der Waals surface area contributed by atoms with E-state index in [0.29, 0.717) is 6.42 Å². The summed E-state index contributed by atoms with van der Waals surface area (Å²) in [4.78, 5) is 11.3. The molecule has 3 nitrogen and oxygen atoms in total. The van der Waals surface area contributed by atoms with Crippen molar-refractivity contribution in [2.75, 3.05) is 18.6 Å². The molecule has 0 aliphatic rings. The Morgan fingerprint density at radius 2 is 2.16 bits per heavy atom. The first-order valence-electron chi connectivity index (χ1n) is 6.61. The number of methoxy groups -OCH3 is 1. The van der Waals surface area contributed by atoms with Crippen LogP contribution >= 0.6 is 11.8 Å². The number of rotatable bonds is 9. The molecule has 0 radical (unpaired) electrons. The van der Waals surface area contributed by atoms with Gasteiger partial charge in [-0.3, -0.25) is 4.79 Å². The minimum Gasteiger partial charge on any atom is -0.496 e. The minimum atomic E-state index is -0.715. The van der Waals surface area contributed by atoms with Crippen molar-refractivity contribution in [2.24, 2.45) is 5.92 Å². The van der Waals surface area contributed by atoms with Gasteiger partial charge in [-0.2, -0.15) is 11.8 Å². The zero-order valence-electron chi connectivity index (χ0n) is 11.6. The second kappa shape index (κ2) is 8.86. The maximum Gasteiger partial charge on any atom is 0.306 e. The Morgan fingerprint density at radius 1 is 1.42 bits per heavy atom. The third-order valence-corrected chi connectivity index (χ3v) is 4.04. The summed E-state index contributed by atoms with van der Waals surface area (Å²) in [5.74, 6) is 1.86. The summed E-state index contributed by atoms with van der Waals surface area (Å²) < 4.78 is 5.27. The molecule has 0 saturated carbocycles. The zero-order chi connectivity index (χ0) is 14.1. The van der Waals surface area contributed by atoms with E-state index in [-0.39, 0.29) is 5.92 Å². The highest BCUT2D eigenvalue weighted by molar-refractivity contribution is 7.99. The van der Waals surface area contributed by atoms with Crippen LogP contribution in [0.3, 0.4) is 0 Å². The van der Waals surface area contributed by atoms with Crippen LogP contribution in [0.2, 0.25) is 0 Å². The van der Waals surface area contributed by atoms with Crippen molar-refractivity contribution in [1.29, 1.82) is 0 Å². The molecule has 1 aromatic carbocycles. The average molecular weight is 282 g/mol. The summed E-state index contributed by atoms with van der Waals surface area (Å²) in [6.07, 6.45) is 2.21. The lowest BCUT2D eigenvalue weighted by Crippen LogP contribution is -2.17. The molecule has 0 amide bonds. The highest BCUT2D eigenvalue weighted by atomic mass is 32.2. The molecule has 4 heteroatoms. The molecule has 0 aliphatic carbocycles. The van der Waals surface area contributed by atoms with Crippen LogP contribution in [0.4, 0.5) is 0 Å². The number of aliphatic carboxylic acids is 1. The number of carboxylic acid groups (broad SMARTS) is 1. The molecule has 1 atom stereocenters. The summed E-state index contributed by atoms with van der Waals surface area (Å²) in [7, 11) is 1.62. The highest BCUT2D eigenvalue weighted by Gasteiger charge is 2.19. The summed E-state index contributed by atoms with van der Waals surface area (Å²) in [6.45, 7) is 2.12. The lowest BCUT2D eigenvalue weighted by molar-refractivity contribution is -0.141. The van der Waals surface area contributed by atoms with Gasteiger partial charge in [-0.1, -0.05) is 25.1 Å². The van der Waals surface area contributed by atoms with Crippen LogP contribution in [0.1, 0.15) is 25.3 Å². The number of carboxylic acids is 1. The van der Waals surface area contributed by atoms with E-state index in [1.807, 2.05) is 36.0 Å². The van der Waals surface area contributed by atoms with E-state index in [1.54, 1.807) is 7.11 Å². The van der Waals surface area contributed by atoms with Crippen LogP contribution in [0.25, 0.3) is 0 Å². The van der Waals surface area contributed by atoms with Crippen molar-refractivity contribution in [1.82, 2.24) is 0 Å². The van der Waals surface area contributed by atoms with Gasteiger partial charge in [-0.25, -0.2) is 0 Å². The first kappa shape index (κ1) is 15.9. The Hall–Kier alpha value is -1.16. The predicted octanol–water partition coefficient (Wildman–Crippen LogP) is 3.47. The number of hydrogen-bond donors (Lipinski definition) is 1. The van der Waals surface area contributed by atoms with Crippen molar-refractivity contribution in [3.8, 4) is 5.75 Å². The monoisotopic (exact) mass is 282 g/mol. The lowest BCUT2D eigenvalue weighted by Gasteiger charge is -2.14. The molecule has 1 rings (SSSR count). The third-order valence-electron chi connectivity index (χ3n) is 3.05. The number of ether oxygens (including phenoxy) is 1. The Labute approximate surface area is 119 Å². The fraction of sp³-hybridized carbons (Fsp3) is 0.533. The van der Waals surface area contributed by atoms with Gasteiger partial charge in [-0.05, 0) is 42.4 Å². The first-order valence-corrected chi connectivity index (χ1v) is 7.77. The van der Waals surface area contributed by atoms with Crippen molar-refractivity contribution < 1.29 is 14.6 Å². The van der Waals surface area contributed by atoms with Crippen LogP contribution in [-0.4, -0.2) is 29.7 Å². The molecular weight excluding hydrogens is 260 g/mol. The van der Waals surface area contributed by atoms with Gasteiger partial charge in [-0.15, -0.1) is 0 Å². The standard InChI is InChI=1S/C15H22O3S/c1-3-19-10-6-8-13(15(16)17)11-12-7-4-5-9-14(12)18-2/h4-5,7,9,13H,3,6,8,10-11H2,1-2H3,(H,16,17). The van der Waals surface area contributed by atoms with Crippen molar-refractivity contribution in [3.05, 3.63) is 29.8 Å². The predicted molar refractivity (Wildman–Crippen MR) is 80.1 cm³/mol. The maximum atomic E-state index is 11.3. The van der Waals surface area contributed by atoms with E-state index < -0.39 is 5.97 Å². The van der Waals surface area contributed by atoms with Gasteiger partial charge in [0.15, 0.2) is 0 Å². The van der Waals surface area contributed by atoms with Gasteiger partial charge in [0.1, 0.15) is 5.75 Å². The minimum absolute atomic E-state index is 0.325. The number of benzene rings is 1. The number of hydrogen-bond acceptors (Lipinski definition) is 3. The van der Waals surface area contributed by atoms with E-state index in [4.69, 9.17) is 4.74 Å². The first-order chi connectivity index (χ1) is 9.19. The lowest BCUT2D eigenvalue weighted by atomic mass is 9.94. The van der Waals surface area contributed by atoms with Crippen molar-refractivity contribution in [2.45, 2.75) is 26.2 Å². The summed E-state index contributed by atoms with van der Waals surface area (Å²) >= 11 is 1.86. The molecule has 0 aromatic heterocycles. The molecule has 1 unspecified atom stereocenters. The molecule has 0 fully saturated rings. The third kappa shape index (κ3) is 5.55. The zero-order valence-corrected chi connectivity index (χ0v) is 12.4. The van der Waals surface area contributed by atoms with Gasteiger partial charge in [0, 0.05) is 0 Å². The quantitative estimate of drug-likeness (QED) is 0.704. The molecule has 106 valence electrons. The van der Waals surface area contributed by atoms with Gasteiger partial charge in [0.25, 0.3) is 0 Å². The number of para-hydroxylation sites is 1. The topological polar surface area (TPSA) is 46.5 Å². The van der Waals surface area contributed by atoms with Crippen LogP contribution < -0.4 is 4.74 Å². The van der Waals surface area contributed by atoms with Gasteiger partial charge in [0.2, 0.25) is 0 Å². The summed E-state index contributed by atoms with van der Waals surface area (Å²) in [5.41, 5.74) is 0.973. The molecule has 0 spiro atoms. The fourth-order valence-electron chi connectivity index (χ4n) is 2.03. The van der Waals surface area contributed by atoms with Crippen LogP contribution in [0, 0.1) is 5.92 Å². The van der Waals surface area contributed by atoms with Crippen LogP contribution in [-0.2, 0) is 11.2 Å². The van der Waals surface area contributed by atoms with Crippen LogP contribution in [0.15, 0.2) is 24.3 Å². The molecule has 0 saturated heterocycles. The summed E-state index contributed by atoms with van der Waals surface area (Å²) in [5, 5.41) is 9.31. The van der Waals surface area contributed by atoms with Crippen molar-refractivity contribution in [3.63, 3.8) is 0 Å². The normalized spacial score (nSPS) is 12.1. The Bertz CT molecular complexity index is 393. The van der Waals surface area contributed by atoms with E-state index in [9.17, 15) is 9.90 Å². The number of carbonyl (C=O) groups is 1. The molecule has 1 N–H and O–H groups in total. The van der Waals surface area contributed by atoms with E-state index in [1.165, 1.54) is 0 Å². The van der Waals surface area contributed by atoms with Gasteiger partial charge in [0.05, 0.1) is 13.0 Å². The molecule has 0 bridgehead atoms. The molecular formula is C15H22O3S. The Kier molecular flexibility index (Phi) is 7.41. The molecule has 1 aromatic rings. The van der Waals surface area contributed by atoms with E-state index in [2.05, 4.69) is 6.92 Å². The highest BCUT2D eigenvalue weighted by Crippen LogP contribution is 2.23. The van der Waals surface area contributed by atoms with Crippen molar-refractivity contribution >= 4 is 17.7 Å². The molecule has 0 aliphatic heterocycles. The van der Waals surface area contributed by atoms with Gasteiger partial charge >= 0.3 is 5.97 Å². The summed E-state index contributed by atoms with van der Waals surface area (Å²) in [6, 6.07) is 7.64. The Balaban J connectivity index is 2.60. The van der Waals surface area contributed by atoms with E-state index in [0.717, 1.165) is 35.7 Å². The second-order valence-corrected chi connectivity index (χ2v) is 5.78. The van der Waals surface area contributed by atoms with E-state index >= 15 is 0 Å². The maximum absolute atomic E-state index is 11.3. The van der Waals surface area contributed by atoms with Gasteiger partial charge < -0.3 is 9.84 Å². The fourth-order valence-corrected chi connectivity index (χ4v) is 2.69. The largest absolute Gasteiger partial charge is 0.496 e. The molecule has 0 heterocycles. The van der Waals surface area contributed by atoms with Crippen LogP contribution in [0.5, 0.6) is 5.75 Å². The smallest absolute Gasteiger partial charge is 0.306 e. The SMILES string of the molecule is CCSCCCC(Cc1ccccc1OC)C(=O)O. The Morgan fingerprint density at radius 3 is 2.79 bits per heavy atom. The molecule has 19 heavy (non-hydrogen) atoms.